The van der Waals surface area contributed by atoms with Crippen molar-refractivity contribution in [1.29, 1.82) is 0 Å². The summed E-state index contributed by atoms with van der Waals surface area (Å²) in [6, 6.07) is 4.23. The summed E-state index contributed by atoms with van der Waals surface area (Å²) in [5.74, 6) is 0. The van der Waals surface area contributed by atoms with Crippen molar-refractivity contribution in [3.8, 4) is 0 Å². The Morgan fingerprint density at radius 3 is 2.68 bits per heavy atom. The van der Waals surface area contributed by atoms with E-state index in [9.17, 15) is 0 Å². The molecule has 0 spiro atoms. The minimum absolute atomic E-state index is 0.124. The van der Waals surface area contributed by atoms with Crippen molar-refractivity contribution in [3.05, 3.63) is 29.6 Å². The summed E-state index contributed by atoms with van der Waals surface area (Å²) in [5, 5.41) is 9.11. The third-order valence-electron chi connectivity index (χ3n) is 3.90. The Kier molecular flexibility index (Phi) is 4.55. The highest BCUT2D eigenvalue weighted by atomic mass is 16.3. The number of β-amino-alcohol motifs (C(OH)–C–C–N with tert-alkyl or cyclic N) is 1. The van der Waals surface area contributed by atoms with Crippen LogP contribution in [0.3, 0.4) is 0 Å². The second-order valence-corrected chi connectivity index (χ2v) is 6.04. The monoisotopic (exact) mass is 263 g/mol. The molecule has 0 unspecified atom stereocenters. The molecule has 106 valence electrons. The minimum atomic E-state index is 0.124. The summed E-state index contributed by atoms with van der Waals surface area (Å²) in [6.45, 7) is 11.6. The lowest BCUT2D eigenvalue weighted by atomic mass is 9.98. The number of piperazine rings is 1. The first-order valence-electron chi connectivity index (χ1n) is 7.01. The highest BCUT2D eigenvalue weighted by Gasteiger charge is 2.32. The van der Waals surface area contributed by atoms with Gasteiger partial charge < -0.3 is 5.11 Å². The van der Waals surface area contributed by atoms with Crippen LogP contribution in [0.1, 0.15) is 25.1 Å². The smallest absolute Gasteiger partial charge is 0.0558 e. The van der Waals surface area contributed by atoms with Crippen LogP contribution in [0.15, 0.2) is 18.3 Å². The standard InChI is InChI=1S/C15H25N3O/c1-13-4-5-14(10-16-13)11-17-6-7-18(8-9-19)15(2,3)12-17/h4-5,10,19H,6-9,11-12H2,1-3H3. The number of nitrogens with zero attached hydrogens (tertiary/aromatic N) is 3. The van der Waals surface area contributed by atoms with Gasteiger partial charge in [-0.2, -0.15) is 0 Å². The Morgan fingerprint density at radius 1 is 1.32 bits per heavy atom. The lowest BCUT2D eigenvalue weighted by Gasteiger charge is -2.47. The van der Waals surface area contributed by atoms with Crippen LogP contribution in [0.2, 0.25) is 0 Å². The first-order valence-corrected chi connectivity index (χ1v) is 7.01. The van der Waals surface area contributed by atoms with Gasteiger partial charge in [-0.25, -0.2) is 0 Å². The summed E-state index contributed by atoms with van der Waals surface area (Å²) in [7, 11) is 0. The van der Waals surface area contributed by atoms with E-state index in [1.54, 1.807) is 0 Å². The molecule has 1 aliphatic heterocycles. The van der Waals surface area contributed by atoms with Gasteiger partial charge in [0.2, 0.25) is 0 Å². The molecule has 4 heteroatoms. The van der Waals surface area contributed by atoms with Gasteiger partial charge in [0.15, 0.2) is 0 Å². The highest BCUT2D eigenvalue weighted by Crippen LogP contribution is 2.21. The van der Waals surface area contributed by atoms with Gasteiger partial charge in [0.25, 0.3) is 0 Å². The SMILES string of the molecule is Cc1ccc(CN2CCN(CCO)C(C)(C)C2)cn1. The van der Waals surface area contributed by atoms with E-state index >= 15 is 0 Å². The summed E-state index contributed by atoms with van der Waals surface area (Å²) in [6.07, 6.45) is 1.97. The highest BCUT2D eigenvalue weighted by molar-refractivity contribution is 5.13. The molecule has 2 heterocycles. The number of pyridine rings is 1. The third-order valence-corrected chi connectivity index (χ3v) is 3.90. The molecule has 19 heavy (non-hydrogen) atoms. The van der Waals surface area contributed by atoms with Crippen molar-refractivity contribution in [2.24, 2.45) is 0 Å². The van der Waals surface area contributed by atoms with Gasteiger partial charge in [0.1, 0.15) is 0 Å². The Morgan fingerprint density at radius 2 is 2.11 bits per heavy atom. The molecule has 0 bridgehead atoms. The Balaban J connectivity index is 1.95. The number of hydrogen-bond acceptors (Lipinski definition) is 4. The first-order chi connectivity index (χ1) is 9.01. The largest absolute Gasteiger partial charge is 0.395 e. The van der Waals surface area contributed by atoms with E-state index in [1.807, 2.05) is 13.1 Å². The molecule has 1 aliphatic rings. The van der Waals surface area contributed by atoms with Gasteiger partial charge in [-0.05, 0) is 32.4 Å². The van der Waals surface area contributed by atoms with Gasteiger partial charge in [-0.3, -0.25) is 14.8 Å². The Bertz CT molecular complexity index is 402. The second-order valence-electron chi connectivity index (χ2n) is 6.04. The number of aliphatic hydroxyl groups excluding tert-OH is 1. The lowest BCUT2D eigenvalue weighted by Crippen LogP contribution is -2.59. The average molecular weight is 263 g/mol. The van der Waals surface area contributed by atoms with Crippen LogP contribution in [-0.4, -0.2) is 58.2 Å². The Labute approximate surface area is 116 Å². The first kappa shape index (κ1) is 14.4. The number of aromatic nitrogens is 1. The minimum Gasteiger partial charge on any atom is -0.395 e. The number of aryl methyl sites for hydroxylation is 1. The normalized spacial score (nSPS) is 20.6. The van der Waals surface area contributed by atoms with Crippen LogP contribution in [0, 0.1) is 6.92 Å². The number of rotatable bonds is 4. The molecule has 1 aromatic heterocycles. The molecule has 0 amide bonds. The maximum absolute atomic E-state index is 9.11. The molecular weight excluding hydrogens is 238 g/mol. The molecule has 1 N–H and O–H groups in total. The fourth-order valence-electron chi connectivity index (χ4n) is 2.81. The van der Waals surface area contributed by atoms with Crippen molar-refractivity contribution >= 4 is 0 Å². The van der Waals surface area contributed by atoms with E-state index in [-0.39, 0.29) is 12.1 Å². The van der Waals surface area contributed by atoms with Crippen molar-refractivity contribution in [2.45, 2.75) is 32.9 Å². The van der Waals surface area contributed by atoms with Crippen LogP contribution >= 0.6 is 0 Å². The van der Waals surface area contributed by atoms with Gasteiger partial charge in [-0.1, -0.05) is 6.07 Å². The average Bonchev–Trinajstić information content (AvgIpc) is 2.35. The fraction of sp³-hybridized carbons (Fsp3) is 0.667. The lowest BCUT2D eigenvalue weighted by molar-refractivity contribution is 0.00635. The summed E-state index contributed by atoms with van der Waals surface area (Å²) in [4.78, 5) is 9.20. The van der Waals surface area contributed by atoms with Crippen LogP contribution < -0.4 is 0 Å². The van der Waals surface area contributed by atoms with E-state index in [0.717, 1.165) is 38.4 Å². The van der Waals surface area contributed by atoms with Crippen LogP contribution in [0.4, 0.5) is 0 Å². The number of aliphatic hydroxyl groups is 1. The van der Waals surface area contributed by atoms with Gasteiger partial charge in [0, 0.05) is 50.2 Å². The van der Waals surface area contributed by atoms with Gasteiger partial charge in [-0.15, -0.1) is 0 Å². The molecule has 1 saturated heterocycles. The number of hydrogen-bond donors (Lipinski definition) is 1. The van der Waals surface area contributed by atoms with E-state index in [1.165, 1.54) is 5.56 Å². The molecule has 1 aromatic rings. The zero-order valence-corrected chi connectivity index (χ0v) is 12.3. The topological polar surface area (TPSA) is 39.6 Å². The molecule has 0 aliphatic carbocycles. The van der Waals surface area contributed by atoms with E-state index in [2.05, 4.69) is 40.8 Å². The molecule has 0 atom stereocenters. The van der Waals surface area contributed by atoms with Crippen LogP contribution in [0.25, 0.3) is 0 Å². The van der Waals surface area contributed by atoms with Crippen molar-refractivity contribution in [2.75, 3.05) is 32.8 Å². The molecular formula is C15H25N3O. The summed E-state index contributed by atoms with van der Waals surface area (Å²) in [5.41, 5.74) is 2.47. The van der Waals surface area contributed by atoms with Crippen molar-refractivity contribution in [1.82, 2.24) is 14.8 Å². The van der Waals surface area contributed by atoms with Gasteiger partial charge in [0.05, 0.1) is 6.61 Å². The molecule has 2 rings (SSSR count). The zero-order chi connectivity index (χ0) is 13.9. The zero-order valence-electron chi connectivity index (χ0n) is 12.3. The third kappa shape index (κ3) is 3.75. The van der Waals surface area contributed by atoms with E-state index < -0.39 is 0 Å². The van der Waals surface area contributed by atoms with Crippen LogP contribution in [-0.2, 0) is 6.54 Å². The molecule has 4 nitrogen and oxygen atoms in total. The predicted molar refractivity (Wildman–Crippen MR) is 77.0 cm³/mol. The van der Waals surface area contributed by atoms with Gasteiger partial charge >= 0.3 is 0 Å². The summed E-state index contributed by atoms with van der Waals surface area (Å²) >= 11 is 0. The molecule has 1 fully saturated rings. The van der Waals surface area contributed by atoms with Crippen LogP contribution in [0.5, 0.6) is 0 Å². The predicted octanol–water partition coefficient (Wildman–Crippen LogP) is 1.28. The molecule has 0 saturated carbocycles. The van der Waals surface area contributed by atoms with E-state index in [0.29, 0.717) is 0 Å². The second kappa shape index (κ2) is 5.99. The fourth-order valence-corrected chi connectivity index (χ4v) is 2.81. The molecule has 0 aromatic carbocycles. The Hall–Kier alpha value is -0.970. The quantitative estimate of drug-likeness (QED) is 0.888. The van der Waals surface area contributed by atoms with Crippen molar-refractivity contribution < 1.29 is 5.11 Å². The molecule has 0 radical (unpaired) electrons. The maximum Gasteiger partial charge on any atom is 0.0558 e. The van der Waals surface area contributed by atoms with Crippen molar-refractivity contribution in [3.63, 3.8) is 0 Å². The van der Waals surface area contributed by atoms with E-state index in [4.69, 9.17) is 5.11 Å². The maximum atomic E-state index is 9.11. The summed E-state index contributed by atoms with van der Waals surface area (Å²) < 4.78 is 0.